The Labute approximate surface area is 83.6 Å². The van der Waals surface area contributed by atoms with Gasteiger partial charge in [0.05, 0.1) is 12.6 Å². The van der Waals surface area contributed by atoms with E-state index in [9.17, 15) is 13.2 Å². The van der Waals surface area contributed by atoms with E-state index >= 15 is 0 Å². The van der Waals surface area contributed by atoms with Crippen LogP contribution in [0.1, 0.15) is 12.8 Å². The molecule has 0 unspecified atom stereocenters. The number of hydrogen-bond donors (Lipinski definition) is 1. The van der Waals surface area contributed by atoms with Crippen LogP contribution >= 0.6 is 0 Å². The van der Waals surface area contributed by atoms with Gasteiger partial charge in [0, 0.05) is 12.8 Å². The number of sulfone groups is 1. The van der Waals surface area contributed by atoms with Gasteiger partial charge in [-0.15, -0.1) is 0 Å². The summed E-state index contributed by atoms with van der Waals surface area (Å²) >= 11 is 0. The SMILES string of the molecule is CS(=O)(=O)CC(=O)N1CCC[C@@H]1CO. The van der Waals surface area contributed by atoms with Crippen molar-refractivity contribution in [1.82, 2.24) is 4.90 Å². The first-order valence-electron chi connectivity index (χ1n) is 4.52. The van der Waals surface area contributed by atoms with Crippen LogP contribution in [0.2, 0.25) is 0 Å². The van der Waals surface area contributed by atoms with Crippen LogP contribution in [0.4, 0.5) is 0 Å². The highest BCUT2D eigenvalue weighted by Crippen LogP contribution is 2.16. The summed E-state index contributed by atoms with van der Waals surface area (Å²) in [6.07, 6.45) is 2.63. The van der Waals surface area contributed by atoms with E-state index in [4.69, 9.17) is 5.11 Å². The lowest BCUT2D eigenvalue weighted by molar-refractivity contribution is -0.129. The Morgan fingerprint density at radius 2 is 2.21 bits per heavy atom. The van der Waals surface area contributed by atoms with Crippen LogP contribution < -0.4 is 0 Å². The number of rotatable bonds is 3. The Morgan fingerprint density at radius 1 is 1.57 bits per heavy atom. The van der Waals surface area contributed by atoms with Crippen molar-refractivity contribution < 1.29 is 18.3 Å². The largest absolute Gasteiger partial charge is 0.394 e. The van der Waals surface area contributed by atoms with Crippen LogP contribution in [-0.2, 0) is 14.6 Å². The van der Waals surface area contributed by atoms with Crippen molar-refractivity contribution in [2.24, 2.45) is 0 Å². The molecule has 0 aromatic heterocycles. The minimum Gasteiger partial charge on any atom is -0.394 e. The second-order valence-electron chi connectivity index (χ2n) is 3.64. The molecule has 1 heterocycles. The maximum atomic E-state index is 11.5. The smallest absolute Gasteiger partial charge is 0.238 e. The van der Waals surface area contributed by atoms with E-state index in [0.717, 1.165) is 19.1 Å². The third-order valence-electron chi connectivity index (χ3n) is 2.29. The summed E-state index contributed by atoms with van der Waals surface area (Å²) in [7, 11) is -3.27. The van der Waals surface area contributed by atoms with Crippen molar-refractivity contribution in [3.05, 3.63) is 0 Å². The molecule has 0 saturated carbocycles. The van der Waals surface area contributed by atoms with Gasteiger partial charge < -0.3 is 10.0 Å². The standard InChI is InChI=1S/C8H15NO4S/c1-14(12,13)6-8(11)9-4-2-3-7(9)5-10/h7,10H,2-6H2,1H3/t7-/m1/s1. The number of likely N-dealkylation sites (tertiary alicyclic amines) is 1. The molecule has 1 aliphatic rings. The molecule has 0 spiro atoms. The lowest BCUT2D eigenvalue weighted by atomic mass is 10.2. The zero-order chi connectivity index (χ0) is 10.8. The van der Waals surface area contributed by atoms with Gasteiger partial charge in [-0.3, -0.25) is 4.79 Å². The van der Waals surface area contributed by atoms with Gasteiger partial charge >= 0.3 is 0 Å². The molecule has 1 fully saturated rings. The lowest BCUT2D eigenvalue weighted by Gasteiger charge is -2.22. The van der Waals surface area contributed by atoms with Crippen LogP contribution in [0.15, 0.2) is 0 Å². The summed E-state index contributed by atoms with van der Waals surface area (Å²) in [5.74, 6) is -0.854. The monoisotopic (exact) mass is 221 g/mol. The summed E-state index contributed by atoms with van der Waals surface area (Å²) in [5.41, 5.74) is 0. The van der Waals surface area contributed by atoms with Crippen molar-refractivity contribution in [3.63, 3.8) is 0 Å². The van der Waals surface area contributed by atoms with Gasteiger partial charge in [-0.05, 0) is 12.8 Å². The third kappa shape index (κ3) is 2.95. The normalized spacial score (nSPS) is 22.7. The van der Waals surface area contributed by atoms with E-state index in [-0.39, 0.29) is 12.6 Å². The van der Waals surface area contributed by atoms with E-state index in [0.29, 0.717) is 6.54 Å². The highest BCUT2D eigenvalue weighted by molar-refractivity contribution is 7.91. The first-order valence-corrected chi connectivity index (χ1v) is 6.58. The van der Waals surface area contributed by atoms with E-state index in [1.165, 1.54) is 4.90 Å². The topological polar surface area (TPSA) is 74.7 Å². The molecule has 1 rings (SSSR count). The molecule has 1 atom stereocenters. The summed E-state index contributed by atoms with van der Waals surface area (Å²) in [5, 5.41) is 8.94. The molecular weight excluding hydrogens is 206 g/mol. The second kappa shape index (κ2) is 4.27. The zero-order valence-corrected chi connectivity index (χ0v) is 8.96. The Bertz CT molecular complexity index is 311. The molecule has 14 heavy (non-hydrogen) atoms. The van der Waals surface area contributed by atoms with Gasteiger partial charge in [-0.1, -0.05) is 0 Å². The van der Waals surface area contributed by atoms with Gasteiger partial charge in [0.2, 0.25) is 5.91 Å². The number of amides is 1. The van der Waals surface area contributed by atoms with Gasteiger partial charge in [-0.25, -0.2) is 8.42 Å². The number of carbonyl (C=O) groups is 1. The molecule has 1 amide bonds. The van der Waals surface area contributed by atoms with Crippen LogP contribution in [-0.4, -0.2) is 55.5 Å². The van der Waals surface area contributed by atoms with Gasteiger partial charge in [0.1, 0.15) is 5.75 Å². The molecular formula is C8H15NO4S. The fourth-order valence-corrected chi connectivity index (χ4v) is 2.28. The second-order valence-corrected chi connectivity index (χ2v) is 5.78. The predicted octanol–water partition coefficient (Wildman–Crippen LogP) is -0.986. The van der Waals surface area contributed by atoms with Gasteiger partial charge in [-0.2, -0.15) is 0 Å². The molecule has 1 aliphatic heterocycles. The van der Waals surface area contributed by atoms with Gasteiger partial charge in [0.25, 0.3) is 0 Å². The van der Waals surface area contributed by atoms with E-state index < -0.39 is 21.5 Å². The van der Waals surface area contributed by atoms with Crippen molar-refractivity contribution in [1.29, 1.82) is 0 Å². The minimum atomic E-state index is -3.27. The summed E-state index contributed by atoms with van der Waals surface area (Å²) in [4.78, 5) is 12.9. The summed E-state index contributed by atoms with van der Waals surface area (Å²) in [6.45, 7) is 0.467. The third-order valence-corrected chi connectivity index (χ3v) is 3.07. The molecule has 0 aromatic carbocycles. The zero-order valence-electron chi connectivity index (χ0n) is 8.14. The summed E-state index contributed by atoms with van der Waals surface area (Å²) < 4.78 is 21.8. The molecule has 0 bridgehead atoms. The van der Waals surface area contributed by atoms with Crippen molar-refractivity contribution in [2.75, 3.05) is 25.2 Å². The highest BCUT2D eigenvalue weighted by Gasteiger charge is 2.29. The molecule has 1 saturated heterocycles. The molecule has 0 radical (unpaired) electrons. The maximum Gasteiger partial charge on any atom is 0.238 e. The highest BCUT2D eigenvalue weighted by atomic mass is 32.2. The molecule has 5 nitrogen and oxygen atoms in total. The maximum absolute atomic E-state index is 11.5. The molecule has 0 aromatic rings. The first kappa shape index (κ1) is 11.5. The average molecular weight is 221 g/mol. The molecule has 0 aliphatic carbocycles. The van der Waals surface area contributed by atoms with Gasteiger partial charge in [0.15, 0.2) is 9.84 Å². The Morgan fingerprint density at radius 3 is 2.71 bits per heavy atom. The Kier molecular flexibility index (Phi) is 3.49. The molecule has 82 valence electrons. The minimum absolute atomic E-state index is 0.0878. The Balaban J connectivity index is 2.60. The number of nitrogens with zero attached hydrogens (tertiary/aromatic N) is 1. The fourth-order valence-electron chi connectivity index (χ4n) is 1.66. The van der Waals surface area contributed by atoms with Crippen LogP contribution in [0.3, 0.4) is 0 Å². The molecule has 1 N–H and O–H groups in total. The fraction of sp³-hybridized carbons (Fsp3) is 0.875. The molecule has 6 heteroatoms. The predicted molar refractivity (Wildman–Crippen MR) is 51.5 cm³/mol. The summed E-state index contributed by atoms with van der Waals surface area (Å²) in [6, 6.07) is -0.191. The number of hydrogen-bond acceptors (Lipinski definition) is 4. The van der Waals surface area contributed by atoms with Crippen molar-refractivity contribution >= 4 is 15.7 Å². The van der Waals surface area contributed by atoms with Crippen LogP contribution in [0.5, 0.6) is 0 Å². The van der Waals surface area contributed by atoms with E-state index in [1.807, 2.05) is 0 Å². The quantitative estimate of drug-likeness (QED) is 0.664. The number of aliphatic hydroxyl groups is 1. The van der Waals surface area contributed by atoms with Crippen molar-refractivity contribution in [2.45, 2.75) is 18.9 Å². The number of aliphatic hydroxyl groups excluding tert-OH is 1. The van der Waals surface area contributed by atoms with Crippen molar-refractivity contribution in [3.8, 4) is 0 Å². The average Bonchev–Trinajstić information content (AvgIpc) is 2.47. The lowest BCUT2D eigenvalue weighted by Crippen LogP contribution is -2.40. The first-order chi connectivity index (χ1) is 6.44. The van der Waals surface area contributed by atoms with E-state index in [1.54, 1.807) is 0 Å². The number of carbonyl (C=O) groups excluding carboxylic acids is 1. The van der Waals surface area contributed by atoms with E-state index in [2.05, 4.69) is 0 Å². The van der Waals surface area contributed by atoms with Crippen LogP contribution in [0, 0.1) is 0 Å². The van der Waals surface area contributed by atoms with Crippen LogP contribution in [0.25, 0.3) is 0 Å². The Hall–Kier alpha value is -0.620.